The SMILES string of the molecule is Cc1nn(C)c(Cl)c1CC1CCC1N. The molecule has 0 radical (unpaired) electrons. The van der Waals surface area contributed by atoms with Crippen molar-refractivity contribution in [1.29, 1.82) is 0 Å². The molecule has 3 nitrogen and oxygen atoms in total. The molecule has 0 amide bonds. The van der Waals surface area contributed by atoms with E-state index in [0.717, 1.165) is 23.7 Å². The fraction of sp³-hybridized carbons (Fsp3) is 0.700. The summed E-state index contributed by atoms with van der Waals surface area (Å²) in [5.41, 5.74) is 8.12. The second-order valence-electron chi connectivity index (χ2n) is 4.18. The van der Waals surface area contributed by atoms with Crippen molar-refractivity contribution >= 4 is 11.6 Å². The summed E-state index contributed by atoms with van der Waals surface area (Å²) in [4.78, 5) is 0. The number of nitrogens with zero attached hydrogens (tertiary/aromatic N) is 2. The molecule has 0 aliphatic heterocycles. The van der Waals surface area contributed by atoms with Crippen LogP contribution in [-0.4, -0.2) is 15.8 Å². The van der Waals surface area contributed by atoms with Gasteiger partial charge in [0.05, 0.1) is 5.69 Å². The molecule has 1 aliphatic carbocycles. The lowest BCUT2D eigenvalue weighted by Crippen LogP contribution is -2.40. The third kappa shape index (κ3) is 1.55. The summed E-state index contributed by atoms with van der Waals surface area (Å²) in [6.45, 7) is 2.01. The molecule has 1 aromatic rings. The molecule has 1 heterocycles. The van der Waals surface area contributed by atoms with Crippen molar-refractivity contribution < 1.29 is 0 Å². The highest BCUT2D eigenvalue weighted by Gasteiger charge is 2.29. The van der Waals surface area contributed by atoms with E-state index < -0.39 is 0 Å². The third-order valence-corrected chi connectivity index (χ3v) is 3.69. The van der Waals surface area contributed by atoms with E-state index >= 15 is 0 Å². The molecular formula is C10H16ClN3. The van der Waals surface area contributed by atoms with Gasteiger partial charge in [-0.1, -0.05) is 11.6 Å². The zero-order valence-corrected chi connectivity index (χ0v) is 9.38. The van der Waals surface area contributed by atoms with Gasteiger partial charge in [-0.25, -0.2) is 0 Å². The van der Waals surface area contributed by atoms with Crippen LogP contribution in [0.4, 0.5) is 0 Å². The van der Waals surface area contributed by atoms with Crippen LogP contribution in [0.25, 0.3) is 0 Å². The fourth-order valence-electron chi connectivity index (χ4n) is 2.02. The molecule has 1 fully saturated rings. The van der Waals surface area contributed by atoms with Gasteiger partial charge < -0.3 is 5.73 Å². The molecule has 0 bridgehead atoms. The predicted molar refractivity (Wildman–Crippen MR) is 57.4 cm³/mol. The normalized spacial score (nSPS) is 26.3. The summed E-state index contributed by atoms with van der Waals surface area (Å²) in [6.07, 6.45) is 3.37. The molecule has 1 aromatic heterocycles. The van der Waals surface area contributed by atoms with Crippen LogP contribution in [-0.2, 0) is 13.5 Å². The molecule has 0 saturated heterocycles. The summed E-state index contributed by atoms with van der Waals surface area (Å²) >= 11 is 6.15. The van der Waals surface area contributed by atoms with Gasteiger partial charge in [-0.3, -0.25) is 4.68 Å². The van der Waals surface area contributed by atoms with Crippen LogP contribution in [0.1, 0.15) is 24.1 Å². The van der Waals surface area contributed by atoms with E-state index in [1.54, 1.807) is 4.68 Å². The molecule has 14 heavy (non-hydrogen) atoms. The van der Waals surface area contributed by atoms with Crippen molar-refractivity contribution in [1.82, 2.24) is 9.78 Å². The minimum absolute atomic E-state index is 0.366. The van der Waals surface area contributed by atoms with Crippen LogP contribution in [0.3, 0.4) is 0 Å². The van der Waals surface area contributed by atoms with E-state index in [1.807, 2.05) is 14.0 Å². The summed E-state index contributed by atoms with van der Waals surface area (Å²) in [5.74, 6) is 0.607. The van der Waals surface area contributed by atoms with E-state index in [-0.39, 0.29) is 0 Å². The summed E-state index contributed by atoms with van der Waals surface area (Å²) in [5, 5.41) is 5.06. The molecule has 2 atom stereocenters. The first-order chi connectivity index (χ1) is 6.59. The highest BCUT2D eigenvalue weighted by molar-refractivity contribution is 6.30. The highest BCUT2D eigenvalue weighted by Crippen LogP contribution is 2.32. The van der Waals surface area contributed by atoms with Crippen molar-refractivity contribution in [2.45, 2.75) is 32.2 Å². The number of rotatable bonds is 2. The largest absolute Gasteiger partial charge is 0.327 e. The van der Waals surface area contributed by atoms with Gasteiger partial charge in [0.1, 0.15) is 5.15 Å². The number of aryl methyl sites for hydroxylation is 2. The summed E-state index contributed by atoms with van der Waals surface area (Å²) in [6, 6.07) is 0.366. The van der Waals surface area contributed by atoms with Crippen LogP contribution in [0, 0.1) is 12.8 Å². The van der Waals surface area contributed by atoms with Gasteiger partial charge in [0, 0.05) is 18.7 Å². The first-order valence-corrected chi connectivity index (χ1v) is 5.41. The Kier molecular flexibility index (Phi) is 2.54. The molecule has 1 aliphatic rings. The number of nitrogens with two attached hydrogens (primary N) is 1. The van der Waals surface area contributed by atoms with Crippen LogP contribution in [0.15, 0.2) is 0 Å². The fourth-order valence-corrected chi connectivity index (χ4v) is 2.27. The minimum atomic E-state index is 0.366. The maximum absolute atomic E-state index is 6.15. The van der Waals surface area contributed by atoms with E-state index in [0.29, 0.717) is 12.0 Å². The maximum atomic E-state index is 6.15. The summed E-state index contributed by atoms with van der Waals surface area (Å²) in [7, 11) is 1.87. The maximum Gasteiger partial charge on any atom is 0.130 e. The van der Waals surface area contributed by atoms with Crippen molar-refractivity contribution in [2.24, 2.45) is 18.7 Å². The van der Waals surface area contributed by atoms with Crippen molar-refractivity contribution in [3.8, 4) is 0 Å². The number of halogens is 1. The van der Waals surface area contributed by atoms with Crippen molar-refractivity contribution in [2.75, 3.05) is 0 Å². The minimum Gasteiger partial charge on any atom is -0.327 e. The van der Waals surface area contributed by atoms with Gasteiger partial charge >= 0.3 is 0 Å². The Morgan fingerprint density at radius 2 is 2.29 bits per heavy atom. The van der Waals surface area contributed by atoms with Gasteiger partial charge in [-0.2, -0.15) is 5.10 Å². The monoisotopic (exact) mass is 213 g/mol. The zero-order chi connectivity index (χ0) is 10.3. The molecule has 2 rings (SSSR count). The Bertz CT molecular complexity index is 345. The average Bonchev–Trinajstić information content (AvgIpc) is 2.37. The Morgan fingerprint density at radius 3 is 2.64 bits per heavy atom. The van der Waals surface area contributed by atoms with Crippen LogP contribution >= 0.6 is 11.6 Å². The Morgan fingerprint density at radius 1 is 1.57 bits per heavy atom. The molecule has 78 valence electrons. The molecule has 1 saturated carbocycles. The summed E-state index contributed by atoms with van der Waals surface area (Å²) < 4.78 is 1.73. The van der Waals surface area contributed by atoms with Gasteiger partial charge in [0.15, 0.2) is 0 Å². The highest BCUT2D eigenvalue weighted by atomic mass is 35.5. The van der Waals surface area contributed by atoms with Gasteiger partial charge in [0.25, 0.3) is 0 Å². The molecular weight excluding hydrogens is 198 g/mol. The topological polar surface area (TPSA) is 43.8 Å². The van der Waals surface area contributed by atoms with Gasteiger partial charge in [-0.05, 0) is 32.1 Å². The van der Waals surface area contributed by atoms with Crippen LogP contribution in [0.5, 0.6) is 0 Å². The average molecular weight is 214 g/mol. The number of hydrogen-bond donors (Lipinski definition) is 1. The first-order valence-electron chi connectivity index (χ1n) is 5.03. The van der Waals surface area contributed by atoms with Crippen LogP contribution in [0.2, 0.25) is 5.15 Å². The second kappa shape index (κ2) is 3.55. The lowest BCUT2D eigenvalue weighted by molar-refractivity contribution is 0.255. The lowest BCUT2D eigenvalue weighted by Gasteiger charge is -2.33. The van der Waals surface area contributed by atoms with E-state index in [4.69, 9.17) is 17.3 Å². The predicted octanol–water partition coefficient (Wildman–Crippen LogP) is 1.66. The molecule has 2 N–H and O–H groups in total. The van der Waals surface area contributed by atoms with E-state index in [2.05, 4.69) is 5.10 Å². The number of aromatic nitrogens is 2. The first kappa shape index (κ1) is 9.99. The number of hydrogen-bond acceptors (Lipinski definition) is 2. The van der Waals surface area contributed by atoms with E-state index in [9.17, 15) is 0 Å². The van der Waals surface area contributed by atoms with Crippen LogP contribution < -0.4 is 5.73 Å². The van der Waals surface area contributed by atoms with E-state index in [1.165, 1.54) is 12.0 Å². The zero-order valence-electron chi connectivity index (χ0n) is 8.63. The molecule has 0 aromatic carbocycles. The van der Waals surface area contributed by atoms with Gasteiger partial charge in [-0.15, -0.1) is 0 Å². The Labute approximate surface area is 89.2 Å². The molecule has 2 unspecified atom stereocenters. The third-order valence-electron chi connectivity index (χ3n) is 3.21. The Balaban J connectivity index is 2.15. The Hall–Kier alpha value is -0.540. The second-order valence-corrected chi connectivity index (χ2v) is 4.54. The quantitative estimate of drug-likeness (QED) is 0.812. The smallest absolute Gasteiger partial charge is 0.130 e. The van der Waals surface area contributed by atoms with Crippen molar-refractivity contribution in [3.05, 3.63) is 16.4 Å². The molecule has 0 spiro atoms. The van der Waals surface area contributed by atoms with Crippen molar-refractivity contribution in [3.63, 3.8) is 0 Å². The molecule has 4 heteroatoms. The standard InChI is InChI=1S/C10H16ClN3/c1-6-8(10(11)14(2)13-6)5-7-3-4-9(7)12/h7,9H,3-5,12H2,1-2H3. The van der Waals surface area contributed by atoms with Gasteiger partial charge in [0.2, 0.25) is 0 Å². The lowest BCUT2D eigenvalue weighted by atomic mass is 9.76.